The van der Waals surface area contributed by atoms with Crippen molar-refractivity contribution in [3.05, 3.63) is 56.4 Å². The number of fused-ring (bicyclic) bond motifs is 1. The number of aromatic nitrogens is 4. The van der Waals surface area contributed by atoms with Crippen LogP contribution in [0.15, 0.2) is 34.7 Å². The van der Waals surface area contributed by atoms with Gasteiger partial charge in [-0.05, 0) is 37.0 Å². The Labute approximate surface area is 194 Å². The van der Waals surface area contributed by atoms with Crippen molar-refractivity contribution in [3.63, 3.8) is 0 Å². The van der Waals surface area contributed by atoms with E-state index in [9.17, 15) is 9.59 Å². The van der Waals surface area contributed by atoms with Gasteiger partial charge in [0.1, 0.15) is 15.9 Å². The number of amides is 1. The lowest BCUT2D eigenvalue weighted by molar-refractivity contribution is -0.119. The van der Waals surface area contributed by atoms with Crippen LogP contribution in [-0.4, -0.2) is 25.7 Å². The van der Waals surface area contributed by atoms with Gasteiger partial charge in [0.05, 0.1) is 11.7 Å². The summed E-state index contributed by atoms with van der Waals surface area (Å²) in [5, 5.41) is 14.8. The van der Waals surface area contributed by atoms with E-state index < -0.39 is 6.04 Å². The average molecular weight is 468 g/mol. The number of aryl methyl sites for hydroxylation is 2. The SMILES string of the molecule is CCC(C(=O)Nc1nnc(C(C)C)s1)n1cnc2scc(-c3ccc(C)c(C)c3)c2c1=O. The molecule has 1 N–H and O–H groups in total. The van der Waals surface area contributed by atoms with Crippen molar-refractivity contribution in [1.29, 1.82) is 0 Å². The van der Waals surface area contributed by atoms with Crippen LogP contribution >= 0.6 is 22.7 Å². The van der Waals surface area contributed by atoms with Gasteiger partial charge in [-0.15, -0.1) is 21.5 Å². The zero-order valence-electron chi connectivity index (χ0n) is 18.7. The van der Waals surface area contributed by atoms with Crippen molar-refractivity contribution >= 4 is 43.9 Å². The molecule has 0 aliphatic heterocycles. The molecule has 1 unspecified atom stereocenters. The molecule has 4 aromatic rings. The number of rotatable bonds is 6. The second kappa shape index (κ2) is 8.91. The number of nitrogens with zero attached hydrogens (tertiary/aromatic N) is 4. The van der Waals surface area contributed by atoms with Crippen molar-refractivity contribution in [2.24, 2.45) is 0 Å². The van der Waals surface area contributed by atoms with Crippen molar-refractivity contribution < 1.29 is 4.79 Å². The van der Waals surface area contributed by atoms with Gasteiger partial charge in [0.2, 0.25) is 11.0 Å². The van der Waals surface area contributed by atoms with Crippen LogP contribution in [0.4, 0.5) is 5.13 Å². The lowest BCUT2D eigenvalue weighted by Gasteiger charge is -2.16. The molecule has 7 nitrogen and oxygen atoms in total. The summed E-state index contributed by atoms with van der Waals surface area (Å²) in [6.07, 6.45) is 1.91. The van der Waals surface area contributed by atoms with Crippen molar-refractivity contribution in [2.75, 3.05) is 5.32 Å². The highest BCUT2D eigenvalue weighted by Gasteiger charge is 2.24. The zero-order chi connectivity index (χ0) is 23.0. The summed E-state index contributed by atoms with van der Waals surface area (Å²) in [4.78, 5) is 31.7. The van der Waals surface area contributed by atoms with Crippen molar-refractivity contribution in [3.8, 4) is 11.1 Å². The van der Waals surface area contributed by atoms with Crippen molar-refractivity contribution in [2.45, 2.75) is 53.0 Å². The molecule has 9 heteroatoms. The predicted octanol–water partition coefficient (Wildman–Crippen LogP) is 5.31. The molecule has 32 heavy (non-hydrogen) atoms. The minimum atomic E-state index is -0.696. The molecule has 0 bridgehead atoms. The fraction of sp³-hybridized carbons (Fsp3) is 0.348. The Balaban J connectivity index is 1.72. The number of hydrogen-bond acceptors (Lipinski definition) is 7. The van der Waals surface area contributed by atoms with Gasteiger partial charge in [0.15, 0.2) is 0 Å². The van der Waals surface area contributed by atoms with E-state index in [4.69, 9.17) is 0 Å². The molecule has 1 amide bonds. The number of carbonyl (C=O) groups excluding carboxylic acids is 1. The van der Waals surface area contributed by atoms with Crippen LogP contribution in [0.1, 0.15) is 55.3 Å². The standard InChI is InChI=1S/C23H25N5O2S2/c1-6-17(19(29)25-23-27-26-20(32-23)12(2)3)28-11-24-21-18(22(28)30)16(10-31-21)15-8-7-13(4)14(5)9-15/h7-12,17H,6H2,1-5H3,(H,25,27,29). The highest BCUT2D eigenvalue weighted by atomic mass is 32.1. The number of benzene rings is 1. The van der Waals surface area contributed by atoms with Crippen LogP contribution in [0.3, 0.4) is 0 Å². The molecule has 4 rings (SSSR count). The van der Waals surface area contributed by atoms with Crippen LogP contribution in [0.25, 0.3) is 21.3 Å². The Morgan fingerprint density at radius 3 is 2.62 bits per heavy atom. The number of hydrogen-bond donors (Lipinski definition) is 1. The van der Waals surface area contributed by atoms with E-state index >= 15 is 0 Å². The second-order valence-electron chi connectivity index (χ2n) is 8.10. The molecule has 0 spiro atoms. The first kappa shape index (κ1) is 22.3. The lowest BCUT2D eigenvalue weighted by atomic mass is 10.0. The number of carbonyl (C=O) groups is 1. The highest BCUT2D eigenvalue weighted by molar-refractivity contribution is 7.17. The molecule has 3 heterocycles. The smallest absolute Gasteiger partial charge is 0.263 e. The Hall–Kier alpha value is -2.91. The minimum absolute atomic E-state index is 0.216. The molecule has 0 aliphatic rings. The van der Waals surface area contributed by atoms with Gasteiger partial charge in [0, 0.05) is 16.9 Å². The lowest BCUT2D eigenvalue weighted by Crippen LogP contribution is -2.33. The van der Waals surface area contributed by atoms with Gasteiger partial charge >= 0.3 is 0 Å². The van der Waals surface area contributed by atoms with E-state index in [1.807, 2.05) is 32.2 Å². The van der Waals surface area contributed by atoms with Crippen molar-refractivity contribution in [1.82, 2.24) is 19.7 Å². The molecule has 0 saturated carbocycles. The summed E-state index contributed by atoms with van der Waals surface area (Å²) in [6, 6.07) is 5.46. The molecule has 0 saturated heterocycles. The Morgan fingerprint density at radius 1 is 1.19 bits per heavy atom. The summed E-state index contributed by atoms with van der Waals surface area (Å²) < 4.78 is 1.43. The summed E-state index contributed by atoms with van der Waals surface area (Å²) >= 11 is 2.78. The molecular weight excluding hydrogens is 442 g/mol. The van der Waals surface area contributed by atoms with Gasteiger partial charge < -0.3 is 0 Å². The largest absolute Gasteiger partial charge is 0.299 e. The number of nitrogens with one attached hydrogen (secondary N) is 1. The van der Waals surface area contributed by atoms with E-state index in [0.29, 0.717) is 21.8 Å². The summed E-state index contributed by atoms with van der Waals surface area (Å²) in [7, 11) is 0. The third-order valence-electron chi connectivity index (χ3n) is 5.53. The van der Waals surface area contributed by atoms with E-state index in [0.717, 1.165) is 21.7 Å². The van der Waals surface area contributed by atoms with E-state index in [1.165, 1.54) is 39.1 Å². The van der Waals surface area contributed by atoms with Gasteiger partial charge in [0.25, 0.3) is 5.56 Å². The third kappa shape index (κ3) is 4.10. The average Bonchev–Trinajstić information content (AvgIpc) is 3.40. The maximum Gasteiger partial charge on any atom is 0.263 e. The molecule has 1 atom stereocenters. The van der Waals surface area contributed by atoms with Crippen LogP contribution in [-0.2, 0) is 4.79 Å². The summed E-state index contributed by atoms with van der Waals surface area (Å²) in [6.45, 7) is 10.0. The predicted molar refractivity (Wildman–Crippen MR) is 131 cm³/mol. The van der Waals surface area contributed by atoms with Gasteiger partial charge in [-0.3, -0.25) is 19.5 Å². The maximum atomic E-state index is 13.5. The molecular formula is C23H25N5O2S2. The van der Waals surface area contributed by atoms with Crippen LogP contribution in [0, 0.1) is 13.8 Å². The van der Waals surface area contributed by atoms with Crippen LogP contribution < -0.4 is 10.9 Å². The molecule has 0 aliphatic carbocycles. The number of thiophene rings is 1. The second-order valence-corrected chi connectivity index (χ2v) is 9.97. The van der Waals surface area contributed by atoms with Gasteiger partial charge in [-0.2, -0.15) is 0 Å². The minimum Gasteiger partial charge on any atom is -0.299 e. The van der Waals surface area contributed by atoms with E-state index in [2.05, 4.69) is 46.5 Å². The first-order valence-corrected chi connectivity index (χ1v) is 12.2. The maximum absolute atomic E-state index is 13.5. The Morgan fingerprint density at radius 2 is 1.97 bits per heavy atom. The zero-order valence-corrected chi connectivity index (χ0v) is 20.3. The summed E-state index contributed by atoms with van der Waals surface area (Å²) in [5.41, 5.74) is 3.97. The first-order chi connectivity index (χ1) is 15.3. The highest BCUT2D eigenvalue weighted by Crippen LogP contribution is 2.32. The van der Waals surface area contributed by atoms with Gasteiger partial charge in [-0.1, -0.05) is 50.3 Å². The summed E-state index contributed by atoms with van der Waals surface area (Å²) in [5.74, 6) is -0.0676. The number of anilines is 1. The molecule has 166 valence electrons. The normalized spacial score (nSPS) is 12.4. The van der Waals surface area contributed by atoms with E-state index in [1.54, 1.807) is 0 Å². The topological polar surface area (TPSA) is 89.8 Å². The molecule has 1 aromatic carbocycles. The monoisotopic (exact) mass is 467 g/mol. The van der Waals surface area contributed by atoms with Crippen LogP contribution in [0.2, 0.25) is 0 Å². The molecule has 3 aromatic heterocycles. The Bertz CT molecular complexity index is 1350. The molecule has 0 fully saturated rings. The Kier molecular flexibility index (Phi) is 6.21. The van der Waals surface area contributed by atoms with Gasteiger partial charge in [-0.25, -0.2) is 4.98 Å². The quantitative estimate of drug-likeness (QED) is 0.415. The third-order valence-corrected chi connectivity index (χ3v) is 7.55. The first-order valence-electron chi connectivity index (χ1n) is 10.5. The fourth-order valence-electron chi connectivity index (χ4n) is 3.50. The molecule has 0 radical (unpaired) electrons. The van der Waals surface area contributed by atoms with Crippen LogP contribution in [0.5, 0.6) is 0 Å². The fourth-order valence-corrected chi connectivity index (χ4v) is 5.16. The van der Waals surface area contributed by atoms with E-state index in [-0.39, 0.29) is 17.4 Å².